The Morgan fingerprint density at radius 2 is 2.10 bits per heavy atom. The summed E-state index contributed by atoms with van der Waals surface area (Å²) in [5, 5.41) is 12.9. The van der Waals surface area contributed by atoms with Crippen molar-refractivity contribution in [2.24, 2.45) is 0 Å². The van der Waals surface area contributed by atoms with Crippen LogP contribution < -0.4 is 10.1 Å². The van der Waals surface area contributed by atoms with Crippen LogP contribution >= 0.6 is 11.6 Å². The minimum Gasteiger partial charge on any atom is -0.484 e. The van der Waals surface area contributed by atoms with Crippen molar-refractivity contribution < 1.29 is 19.1 Å². The molecule has 1 aromatic carbocycles. The van der Waals surface area contributed by atoms with Crippen molar-refractivity contribution in [3.8, 4) is 5.75 Å². The van der Waals surface area contributed by atoms with E-state index in [4.69, 9.17) is 20.8 Å². The molecule has 6 heteroatoms. The largest absolute Gasteiger partial charge is 0.484 e. The van der Waals surface area contributed by atoms with E-state index in [-0.39, 0.29) is 19.1 Å². The van der Waals surface area contributed by atoms with Crippen molar-refractivity contribution in [1.82, 2.24) is 5.32 Å². The molecule has 0 radical (unpaired) electrons. The normalized spacial score (nSPS) is 11.9. The summed E-state index contributed by atoms with van der Waals surface area (Å²) in [7, 11) is 0. The third-order valence-electron chi connectivity index (χ3n) is 2.55. The summed E-state index contributed by atoms with van der Waals surface area (Å²) in [6, 6.07) is 10.0. The van der Waals surface area contributed by atoms with Gasteiger partial charge in [-0.25, -0.2) is 0 Å². The van der Waals surface area contributed by atoms with E-state index < -0.39 is 6.10 Å². The second kappa shape index (κ2) is 6.98. The van der Waals surface area contributed by atoms with Gasteiger partial charge in [0.2, 0.25) is 0 Å². The number of benzene rings is 1. The molecule has 1 atom stereocenters. The maximum Gasteiger partial charge on any atom is 0.258 e. The van der Waals surface area contributed by atoms with Crippen LogP contribution in [0.3, 0.4) is 0 Å². The fourth-order valence-electron chi connectivity index (χ4n) is 1.52. The molecule has 0 saturated carbocycles. The number of furan rings is 1. The highest BCUT2D eigenvalue weighted by Gasteiger charge is 2.12. The first-order valence-electron chi connectivity index (χ1n) is 6.01. The lowest BCUT2D eigenvalue weighted by molar-refractivity contribution is -0.123. The first kappa shape index (κ1) is 14.4. The molecule has 2 N–H and O–H groups in total. The quantitative estimate of drug-likeness (QED) is 0.856. The zero-order valence-electron chi connectivity index (χ0n) is 10.6. The number of nitrogens with one attached hydrogen (secondary N) is 1. The molecule has 2 rings (SSSR count). The summed E-state index contributed by atoms with van der Waals surface area (Å²) in [6.07, 6.45) is 0.591. The van der Waals surface area contributed by atoms with Gasteiger partial charge in [0.05, 0.1) is 12.8 Å². The second-order valence-corrected chi connectivity index (χ2v) is 4.51. The highest BCUT2D eigenvalue weighted by Crippen LogP contribution is 2.15. The van der Waals surface area contributed by atoms with Gasteiger partial charge in [-0.1, -0.05) is 11.6 Å². The fraction of sp³-hybridized carbons (Fsp3) is 0.214. The van der Waals surface area contributed by atoms with E-state index in [0.29, 0.717) is 16.5 Å². The first-order valence-corrected chi connectivity index (χ1v) is 6.39. The van der Waals surface area contributed by atoms with Crippen LogP contribution in [-0.2, 0) is 4.79 Å². The van der Waals surface area contributed by atoms with Crippen LogP contribution in [0.2, 0.25) is 5.02 Å². The number of amides is 1. The number of carbonyl (C=O) groups is 1. The third kappa shape index (κ3) is 4.29. The van der Waals surface area contributed by atoms with Crippen molar-refractivity contribution >= 4 is 17.5 Å². The van der Waals surface area contributed by atoms with Crippen LogP contribution in [0, 0.1) is 0 Å². The smallest absolute Gasteiger partial charge is 0.258 e. The highest BCUT2D eigenvalue weighted by molar-refractivity contribution is 6.30. The summed E-state index contributed by atoms with van der Waals surface area (Å²) >= 11 is 5.74. The van der Waals surface area contributed by atoms with E-state index in [9.17, 15) is 9.90 Å². The van der Waals surface area contributed by atoms with Crippen molar-refractivity contribution in [1.29, 1.82) is 0 Å². The SMILES string of the molecule is O=C(COc1ccc(Cl)cc1)NCC(O)c1ccco1. The molecule has 1 unspecified atom stereocenters. The molecule has 0 saturated heterocycles. The molecule has 1 amide bonds. The van der Waals surface area contributed by atoms with Gasteiger partial charge >= 0.3 is 0 Å². The van der Waals surface area contributed by atoms with E-state index in [1.807, 2.05) is 0 Å². The number of aliphatic hydroxyl groups is 1. The van der Waals surface area contributed by atoms with Gasteiger partial charge in [-0.05, 0) is 36.4 Å². The Balaban J connectivity index is 1.71. The van der Waals surface area contributed by atoms with Gasteiger partial charge in [0, 0.05) is 5.02 Å². The zero-order chi connectivity index (χ0) is 14.4. The third-order valence-corrected chi connectivity index (χ3v) is 2.80. The van der Waals surface area contributed by atoms with Gasteiger partial charge in [0.15, 0.2) is 6.61 Å². The Morgan fingerprint density at radius 3 is 2.75 bits per heavy atom. The molecule has 0 aliphatic carbocycles. The topological polar surface area (TPSA) is 71.7 Å². The summed E-state index contributed by atoms with van der Waals surface area (Å²) in [5.41, 5.74) is 0. The van der Waals surface area contributed by atoms with E-state index in [0.717, 1.165) is 0 Å². The fourth-order valence-corrected chi connectivity index (χ4v) is 1.65. The maximum absolute atomic E-state index is 11.6. The van der Waals surface area contributed by atoms with Crippen LogP contribution in [0.5, 0.6) is 5.75 Å². The molecule has 1 aromatic heterocycles. The molecule has 5 nitrogen and oxygen atoms in total. The molecule has 0 aliphatic rings. The Labute approximate surface area is 121 Å². The Hall–Kier alpha value is -1.98. The van der Waals surface area contributed by atoms with E-state index in [1.54, 1.807) is 36.4 Å². The average Bonchev–Trinajstić information content (AvgIpc) is 2.98. The van der Waals surface area contributed by atoms with E-state index >= 15 is 0 Å². The van der Waals surface area contributed by atoms with Gasteiger partial charge in [-0.2, -0.15) is 0 Å². The lowest BCUT2D eigenvalue weighted by atomic mass is 10.3. The number of hydrogen-bond donors (Lipinski definition) is 2. The van der Waals surface area contributed by atoms with Crippen molar-refractivity contribution in [2.45, 2.75) is 6.10 Å². The van der Waals surface area contributed by atoms with Crippen molar-refractivity contribution in [2.75, 3.05) is 13.2 Å². The van der Waals surface area contributed by atoms with Crippen LogP contribution in [-0.4, -0.2) is 24.2 Å². The van der Waals surface area contributed by atoms with Crippen molar-refractivity contribution in [3.05, 3.63) is 53.4 Å². The number of rotatable bonds is 6. The molecule has 20 heavy (non-hydrogen) atoms. The summed E-state index contributed by atoms with van der Waals surface area (Å²) in [4.78, 5) is 11.6. The number of ether oxygens (including phenoxy) is 1. The monoisotopic (exact) mass is 295 g/mol. The van der Waals surface area contributed by atoms with Crippen LogP contribution in [0.25, 0.3) is 0 Å². The van der Waals surface area contributed by atoms with Crippen molar-refractivity contribution in [3.63, 3.8) is 0 Å². The number of halogens is 1. The second-order valence-electron chi connectivity index (χ2n) is 4.08. The van der Waals surface area contributed by atoms with Crippen LogP contribution in [0.4, 0.5) is 0 Å². The van der Waals surface area contributed by atoms with Gasteiger partial charge in [0.25, 0.3) is 5.91 Å². The first-order chi connectivity index (χ1) is 9.65. The maximum atomic E-state index is 11.6. The molecule has 0 spiro atoms. The van der Waals surface area contributed by atoms with E-state index in [1.165, 1.54) is 6.26 Å². The minimum absolute atomic E-state index is 0.0658. The molecular formula is C14H14ClNO4. The molecule has 0 aliphatic heterocycles. The predicted molar refractivity (Wildman–Crippen MR) is 73.6 cm³/mol. The molecule has 2 aromatic rings. The summed E-state index contributed by atoms with van der Waals surface area (Å²) in [6.45, 7) is -0.0666. The molecule has 0 fully saturated rings. The molecular weight excluding hydrogens is 282 g/mol. The Kier molecular flexibility index (Phi) is 5.03. The minimum atomic E-state index is -0.871. The molecule has 106 valence electrons. The van der Waals surface area contributed by atoms with Gasteiger partial charge in [-0.15, -0.1) is 0 Å². The number of carbonyl (C=O) groups excluding carboxylic acids is 1. The summed E-state index contributed by atoms with van der Waals surface area (Å²) < 4.78 is 10.3. The van der Waals surface area contributed by atoms with Gasteiger partial charge in [-0.3, -0.25) is 4.79 Å². The Bertz CT molecular complexity index is 539. The van der Waals surface area contributed by atoms with Crippen LogP contribution in [0.1, 0.15) is 11.9 Å². The number of aliphatic hydroxyl groups excluding tert-OH is 1. The van der Waals surface area contributed by atoms with Crippen LogP contribution in [0.15, 0.2) is 47.1 Å². The Morgan fingerprint density at radius 1 is 1.35 bits per heavy atom. The average molecular weight is 296 g/mol. The standard InChI is InChI=1S/C14H14ClNO4/c15-10-3-5-11(6-4-10)20-9-14(18)16-8-12(17)13-2-1-7-19-13/h1-7,12,17H,8-9H2,(H,16,18). The lowest BCUT2D eigenvalue weighted by Crippen LogP contribution is -2.32. The number of hydrogen-bond acceptors (Lipinski definition) is 4. The predicted octanol–water partition coefficient (Wildman–Crippen LogP) is 2.16. The molecule has 0 bridgehead atoms. The lowest BCUT2D eigenvalue weighted by Gasteiger charge is -2.10. The highest BCUT2D eigenvalue weighted by atomic mass is 35.5. The van der Waals surface area contributed by atoms with Gasteiger partial charge < -0.3 is 19.6 Å². The zero-order valence-corrected chi connectivity index (χ0v) is 11.3. The molecule has 1 heterocycles. The van der Waals surface area contributed by atoms with Gasteiger partial charge in [0.1, 0.15) is 17.6 Å². The summed E-state index contributed by atoms with van der Waals surface area (Å²) in [5.74, 6) is 0.630. The van der Waals surface area contributed by atoms with E-state index in [2.05, 4.69) is 5.32 Å².